The van der Waals surface area contributed by atoms with E-state index >= 15 is 0 Å². The van der Waals surface area contributed by atoms with Crippen molar-refractivity contribution < 1.29 is 28.6 Å². The van der Waals surface area contributed by atoms with E-state index in [0.29, 0.717) is 4.88 Å². The molecule has 1 aliphatic carbocycles. The number of hydrogen-bond donors (Lipinski definition) is 0. The highest BCUT2D eigenvalue weighted by Gasteiger charge is 2.21. The molecule has 0 amide bonds. The molecule has 28 heavy (non-hydrogen) atoms. The Balaban J connectivity index is 1.86. The monoisotopic (exact) mass is 402 g/mol. The van der Waals surface area contributed by atoms with Gasteiger partial charge in [-0.25, -0.2) is 14.4 Å². The highest BCUT2D eigenvalue weighted by molar-refractivity contribution is 7.14. The largest absolute Gasteiger partial charge is 0.462 e. The third-order valence-electron chi connectivity index (χ3n) is 4.34. The van der Waals surface area contributed by atoms with Crippen LogP contribution < -0.4 is 4.74 Å². The van der Waals surface area contributed by atoms with Crippen LogP contribution in [0.5, 0.6) is 5.75 Å². The number of rotatable bonds is 6. The first-order chi connectivity index (χ1) is 13.5. The number of hydrogen-bond acceptors (Lipinski definition) is 7. The number of carbonyl (C=O) groups is 3. The lowest BCUT2D eigenvalue weighted by Gasteiger charge is -2.09. The predicted molar refractivity (Wildman–Crippen MR) is 104 cm³/mol. The first-order valence-corrected chi connectivity index (χ1v) is 10.2. The molecule has 0 saturated heterocycles. The average Bonchev–Trinajstić information content (AvgIpc) is 3.12. The van der Waals surface area contributed by atoms with Crippen LogP contribution in [0.3, 0.4) is 0 Å². The Morgan fingerprint density at radius 1 is 0.857 bits per heavy atom. The van der Waals surface area contributed by atoms with Crippen LogP contribution in [-0.2, 0) is 22.3 Å². The number of fused-ring (bicyclic) bond motifs is 1. The van der Waals surface area contributed by atoms with Crippen molar-refractivity contribution in [2.45, 2.75) is 39.5 Å². The molecule has 148 valence electrons. The Labute approximate surface area is 167 Å². The van der Waals surface area contributed by atoms with Gasteiger partial charge in [0.2, 0.25) is 0 Å². The normalized spacial score (nSPS) is 12.8. The maximum Gasteiger partial charge on any atom is 0.353 e. The van der Waals surface area contributed by atoms with Gasteiger partial charge in [-0.05, 0) is 69.4 Å². The number of carbonyl (C=O) groups excluding carboxylic acids is 3. The standard InChI is InChI=1S/C21H22O6S/c1-3-25-19(22)14-9-15(20(23)26-4-2)11-16(10-14)27-21(24)18-12-13-7-5-6-8-17(13)28-18/h9-12H,3-8H2,1-2H3. The molecule has 1 aromatic heterocycles. The summed E-state index contributed by atoms with van der Waals surface area (Å²) in [5.41, 5.74) is 1.46. The fraction of sp³-hybridized carbons (Fsp3) is 0.381. The summed E-state index contributed by atoms with van der Waals surface area (Å²) in [4.78, 5) is 38.6. The van der Waals surface area contributed by atoms with Crippen LogP contribution in [0.1, 0.15) is 67.5 Å². The molecule has 0 spiro atoms. The summed E-state index contributed by atoms with van der Waals surface area (Å²) in [6, 6.07) is 6.04. The van der Waals surface area contributed by atoms with Gasteiger partial charge in [0.25, 0.3) is 0 Å². The summed E-state index contributed by atoms with van der Waals surface area (Å²) in [6.07, 6.45) is 4.22. The third-order valence-corrected chi connectivity index (χ3v) is 5.55. The summed E-state index contributed by atoms with van der Waals surface area (Å²) in [7, 11) is 0. The molecule has 1 heterocycles. The van der Waals surface area contributed by atoms with Gasteiger partial charge < -0.3 is 14.2 Å². The van der Waals surface area contributed by atoms with Gasteiger partial charge in [-0.15, -0.1) is 11.3 Å². The molecule has 0 bridgehead atoms. The third kappa shape index (κ3) is 4.59. The lowest BCUT2D eigenvalue weighted by Crippen LogP contribution is -2.12. The van der Waals surface area contributed by atoms with Crippen molar-refractivity contribution in [1.29, 1.82) is 0 Å². The minimum absolute atomic E-state index is 0.102. The maximum absolute atomic E-state index is 12.6. The summed E-state index contributed by atoms with van der Waals surface area (Å²) in [6.45, 7) is 3.76. The lowest BCUT2D eigenvalue weighted by molar-refractivity contribution is 0.0521. The van der Waals surface area contributed by atoms with Crippen LogP contribution in [0, 0.1) is 0 Å². The molecule has 0 radical (unpaired) electrons. The minimum Gasteiger partial charge on any atom is -0.462 e. The molecule has 6 nitrogen and oxygen atoms in total. The number of aryl methyl sites for hydroxylation is 2. The molecule has 1 aliphatic rings. The molecule has 2 aromatic rings. The van der Waals surface area contributed by atoms with Crippen molar-refractivity contribution in [3.05, 3.63) is 50.7 Å². The fourth-order valence-corrected chi connectivity index (χ4v) is 4.20. The second-order valence-corrected chi connectivity index (χ2v) is 7.48. The van der Waals surface area contributed by atoms with E-state index in [9.17, 15) is 14.4 Å². The molecular weight excluding hydrogens is 380 g/mol. The predicted octanol–water partition coefficient (Wildman–Crippen LogP) is 4.20. The van der Waals surface area contributed by atoms with Crippen molar-refractivity contribution in [1.82, 2.24) is 0 Å². The summed E-state index contributed by atoms with van der Waals surface area (Å²) in [5, 5.41) is 0. The lowest BCUT2D eigenvalue weighted by atomic mass is 9.99. The van der Waals surface area contributed by atoms with Gasteiger partial charge in [-0.1, -0.05) is 0 Å². The van der Waals surface area contributed by atoms with Crippen molar-refractivity contribution >= 4 is 29.2 Å². The van der Waals surface area contributed by atoms with Gasteiger partial charge in [-0.2, -0.15) is 0 Å². The first-order valence-electron chi connectivity index (χ1n) is 9.35. The second-order valence-electron chi connectivity index (χ2n) is 6.34. The Bertz CT molecular complexity index is 839. The first kappa shape index (κ1) is 20.1. The van der Waals surface area contributed by atoms with Gasteiger partial charge in [0.15, 0.2) is 0 Å². The molecule has 7 heteroatoms. The van der Waals surface area contributed by atoms with Gasteiger partial charge in [0.1, 0.15) is 10.6 Å². The van der Waals surface area contributed by atoms with E-state index in [1.165, 1.54) is 40.0 Å². The smallest absolute Gasteiger partial charge is 0.353 e. The second kappa shape index (κ2) is 9.01. The van der Waals surface area contributed by atoms with E-state index < -0.39 is 17.9 Å². The van der Waals surface area contributed by atoms with Crippen molar-refractivity contribution in [3.8, 4) is 5.75 Å². The summed E-state index contributed by atoms with van der Waals surface area (Å²) >= 11 is 1.44. The Morgan fingerprint density at radius 2 is 1.46 bits per heavy atom. The van der Waals surface area contributed by atoms with Crippen molar-refractivity contribution in [2.24, 2.45) is 0 Å². The van der Waals surface area contributed by atoms with E-state index in [1.54, 1.807) is 13.8 Å². The molecule has 3 rings (SSSR count). The number of benzene rings is 1. The van der Waals surface area contributed by atoms with Gasteiger partial charge in [0, 0.05) is 4.88 Å². The molecule has 0 saturated carbocycles. The zero-order valence-corrected chi connectivity index (χ0v) is 16.7. The summed E-state index contributed by atoms with van der Waals surface area (Å²) in [5.74, 6) is -1.60. The highest BCUT2D eigenvalue weighted by atomic mass is 32.1. The molecule has 0 aliphatic heterocycles. The SMILES string of the molecule is CCOC(=O)c1cc(OC(=O)c2cc3c(s2)CCCC3)cc(C(=O)OCC)c1. The number of ether oxygens (including phenoxy) is 3. The van der Waals surface area contributed by atoms with Crippen molar-refractivity contribution in [2.75, 3.05) is 13.2 Å². The Morgan fingerprint density at radius 3 is 2.04 bits per heavy atom. The summed E-state index contributed by atoms with van der Waals surface area (Å²) < 4.78 is 15.5. The van der Waals surface area contributed by atoms with Gasteiger partial charge >= 0.3 is 17.9 Å². The number of esters is 3. The van der Waals surface area contributed by atoms with Crippen LogP contribution in [0.2, 0.25) is 0 Å². The Kier molecular flexibility index (Phi) is 6.46. The zero-order chi connectivity index (χ0) is 20.1. The van der Waals surface area contributed by atoms with Crippen LogP contribution in [0.4, 0.5) is 0 Å². The fourth-order valence-electron chi connectivity index (χ4n) is 3.07. The van der Waals surface area contributed by atoms with E-state index in [-0.39, 0.29) is 30.1 Å². The van der Waals surface area contributed by atoms with E-state index in [1.807, 2.05) is 6.07 Å². The van der Waals surface area contributed by atoms with E-state index in [0.717, 1.165) is 25.7 Å². The van der Waals surface area contributed by atoms with Crippen LogP contribution in [0.25, 0.3) is 0 Å². The topological polar surface area (TPSA) is 78.9 Å². The van der Waals surface area contributed by atoms with Crippen LogP contribution in [-0.4, -0.2) is 31.1 Å². The van der Waals surface area contributed by atoms with Gasteiger partial charge in [0.05, 0.1) is 24.3 Å². The van der Waals surface area contributed by atoms with Gasteiger partial charge in [-0.3, -0.25) is 0 Å². The highest BCUT2D eigenvalue weighted by Crippen LogP contribution is 2.30. The average molecular weight is 402 g/mol. The maximum atomic E-state index is 12.6. The van der Waals surface area contributed by atoms with Crippen LogP contribution >= 0.6 is 11.3 Å². The minimum atomic E-state index is -0.600. The van der Waals surface area contributed by atoms with E-state index in [4.69, 9.17) is 14.2 Å². The molecule has 0 atom stereocenters. The molecular formula is C21H22O6S. The van der Waals surface area contributed by atoms with Crippen molar-refractivity contribution in [3.63, 3.8) is 0 Å². The van der Waals surface area contributed by atoms with Crippen LogP contribution in [0.15, 0.2) is 24.3 Å². The van der Waals surface area contributed by atoms with E-state index in [2.05, 4.69) is 0 Å². The molecule has 0 fully saturated rings. The quantitative estimate of drug-likeness (QED) is 0.532. The zero-order valence-electron chi connectivity index (χ0n) is 15.9. The molecule has 0 N–H and O–H groups in total. The Hall–Kier alpha value is -2.67. The number of thiophene rings is 1. The molecule has 1 aromatic carbocycles. The molecule has 0 unspecified atom stereocenters.